The van der Waals surface area contributed by atoms with E-state index in [4.69, 9.17) is 10.5 Å². The molecular weight excluding hydrogens is 1060 g/mol. The van der Waals surface area contributed by atoms with Crippen LogP contribution in [0.5, 0.6) is 0 Å². The summed E-state index contributed by atoms with van der Waals surface area (Å²) >= 11 is 1.16. The number of carbonyl (C=O) groups is 10. The fraction of sp³-hybridized carbons (Fsp3) is 0.534. The number of benzene rings is 2. The van der Waals surface area contributed by atoms with Crippen molar-refractivity contribution < 1.29 is 57.8 Å². The van der Waals surface area contributed by atoms with Gasteiger partial charge in [-0.15, -0.1) is 11.3 Å². The van der Waals surface area contributed by atoms with E-state index in [0.717, 1.165) is 28.2 Å². The van der Waals surface area contributed by atoms with Crippen LogP contribution in [-0.2, 0) is 51.3 Å². The van der Waals surface area contributed by atoms with E-state index >= 15 is 0 Å². The molecule has 81 heavy (non-hydrogen) atoms. The Morgan fingerprint density at radius 3 is 2.09 bits per heavy atom. The summed E-state index contributed by atoms with van der Waals surface area (Å²) in [4.78, 5) is 136. The number of anilines is 1. The zero-order valence-electron chi connectivity index (χ0n) is 47.8. The molecule has 23 heteroatoms. The number of nitrogens with two attached hydrogens (primary N) is 1. The van der Waals surface area contributed by atoms with Crippen LogP contribution in [0.1, 0.15) is 145 Å². The summed E-state index contributed by atoms with van der Waals surface area (Å²) in [5, 5.41) is 28.3. The zero-order chi connectivity index (χ0) is 59.8. The average Bonchev–Trinajstić information content (AvgIpc) is 4.06. The van der Waals surface area contributed by atoms with Crippen LogP contribution >= 0.6 is 11.3 Å². The lowest BCUT2D eigenvalue weighted by atomic mass is 9.94. The van der Waals surface area contributed by atoms with Gasteiger partial charge in [0, 0.05) is 68.3 Å². The molecule has 0 aliphatic carbocycles. The maximum atomic E-state index is 13.8. The van der Waals surface area contributed by atoms with Gasteiger partial charge in [-0.05, 0) is 86.0 Å². The number of ether oxygens (including phenoxy) is 1. The molecule has 0 fully saturated rings. The number of carboxylic acid groups (broad SMARTS) is 1. The van der Waals surface area contributed by atoms with Gasteiger partial charge >= 0.3 is 18.1 Å². The lowest BCUT2D eigenvalue weighted by Gasteiger charge is -2.34. The minimum atomic E-state index is -1.10. The van der Waals surface area contributed by atoms with E-state index in [1.165, 1.54) is 12.2 Å². The van der Waals surface area contributed by atoms with Crippen molar-refractivity contribution in [1.82, 2.24) is 41.4 Å². The first-order valence-corrected chi connectivity index (χ1v) is 28.6. The monoisotopic (exact) mass is 1140 g/mol. The van der Waals surface area contributed by atoms with Gasteiger partial charge in [-0.25, -0.2) is 14.6 Å². The fourth-order valence-electron chi connectivity index (χ4n) is 9.00. The zero-order valence-corrected chi connectivity index (χ0v) is 48.6. The summed E-state index contributed by atoms with van der Waals surface area (Å²) in [5.41, 5.74) is 7.14. The highest BCUT2D eigenvalue weighted by Gasteiger charge is 2.33. The standard InChI is InChI=1S/C58H82N10O12S/c1-9-37(6)29-50(72)67(8)46(35(2)3)32-44(55-64-45(34-81-55)53(74)62-42(30-38(7)56(76)77)31-39-17-12-10-13-18-39)65-58(79)80-33-40-21-23-41(24-22-40)61-52(73)43(19-16-27-60-57(59)78)63-54(75)51(36(4)5)66-47(69)20-14-11-15-28-68-48(70)25-26-49(68)71/h10,12-13,17-18,21-26,34-38,42-44,46,51H,9,11,14-16,19-20,27-33H2,1-8H3,(H,61,73)(H,62,74)(H,63,75)(H,65,79)(H,66,69)(H,76,77)(H3,59,60,78)/t37-,38-,42+,43-,44+,46+,51-/m0/s1. The molecule has 0 bridgehead atoms. The van der Waals surface area contributed by atoms with Crippen LogP contribution in [0, 0.1) is 23.7 Å². The van der Waals surface area contributed by atoms with E-state index in [1.807, 2.05) is 58.0 Å². The molecule has 1 aromatic heterocycles. The first-order valence-electron chi connectivity index (χ1n) is 27.7. The second kappa shape index (κ2) is 33.2. The number of hydrogen-bond acceptors (Lipinski definition) is 13. The molecule has 0 unspecified atom stereocenters. The topological polar surface area (TPSA) is 318 Å². The number of thiazole rings is 1. The number of aliphatic carboxylic acids is 1. The van der Waals surface area contributed by atoms with Gasteiger partial charge in [0.25, 0.3) is 17.7 Å². The highest BCUT2D eigenvalue weighted by molar-refractivity contribution is 7.09. The van der Waals surface area contributed by atoms with Crippen LogP contribution in [0.25, 0.3) is 0 Å². The molecule has 442 valence electrons. The Morgan fingerprint density at radius 1 is 0.790 bits per heavy atom. The molecule has 22 nitrogen and oxygen atoms in total. The Hall–Kier alpha value is -7.69. The van der Waals surface area contributed by atoms with Crippen molar-refractivity contribution >= 4 is 76.5 Å². The van der Waals surface area contributed by atoms with Gasteiger partial charge in [0.05, 0.1) is 12.0 Å². The molecule has 4 rings (SSSR count). The van der Waals surface area contributed by atoms with Crippen molar-refractivity contribution in [3.05, 3.63) is 94.0 Å². The Bertz CT molecular complexity index is 2630. The highest BCUT2D eigenvalue weighted by Crippen LogP contribution is 2.29. The molecule has 9 N–H and O–H groups in total. The molecule has 0 saturated carbocycles. The quantitative estimate of drug-likeness (QED) is 0.0238. The first kappa shape index (κ1) is 65.8. The normalized spacial score (nSPS) is 14.7. The van der Waals surface area contributed by atoms with E-state index in [0.29, 0.717) is 48.4 Å². The number of alkyl carbamates (subject to hydrolysis) is 1. The molecular formula is C58H82N10O12S. The molecule has 0 spiro atoms. The van der Waals surface area contributed by atoms with Gasteiger partial charge in [-0.1, -0.05) is 104 Å². The van der Waals surface area contributed by atoms with Crippen molar-refractivity contribution in [3.8, 4) is 0 Å². The highest BCUT2D eigenvalue weighted by atomic mass is 32.1. The number of carbonyl (C=O) groups excluding carboxylic acids is 9. The molecule has 10 amide bonds. The minimum absolute atomic E-state index is 0.0463. The lowest BCUT2D eigenvalue weighted by Crippen LogP contribution is -2.54. The Morgan fingerprint density at radius 2 is 1.47 bits per heavy atom. The fourth-order valence-corrected chi connectivity index (χ4v) is 9.86. The number of primary amides is 1. The number of imide groups is 1. The molecule has 0 radical (unpaired) electrons. The number of unbranched alkanes of at least 4 members (excludes halogenated alkanes) is 2. The first-order chi connectivity index (χ1) is 38.4. The SMILES string of the molecule is CC[C@H](C)CC(=O)N(C)[C@H](C[C@@H](NC(=O)OCc1ccc(NC(=O)[C@H](CCCNC(N)=O)NC(=O)[C@@H](NC(=O)CCCCCN2C(=O)C=CC2=O)C(C)C)cc1)c1nc(C(=O)N[C@@H](Cc2ccccc2)C[C@H](C)C(=O)O)cs1)C(C)C. The molecule has 1 aliphatic heterocycles. The number of urea groups is 1. The predicted octanol–water partition coefficient (Wildman–Crippen LogP) is 6.37. The van der Waals surface area contributed by atoms with Crippen LogP contribution in [-0.4, -0.2) is 124 Å². The van der Waals surface area contributed by atoms with Crippen LogP contribution in [0.2, 0.25) is 0 Å². The van der Waals surface area contributed by atoms with Gasteiger partial charge in [-0.2, -0.15) is 0 Å². The van der Waals surface area contributed by atoms with Crippen molar-refractivity contribution in [3.63, 3.8) is 0 Å². The number of nitrogens with one attached hydrogen (secondary N) is 6. The number of nitrogens with zero attached hydrogens (tertiary/aromatic N) is 3. The van der Waals surface area contributed by atoms with E-state index in [-0.39, 0.29) is 105 Å². The van der Waals surface area contributed by atoms with Crippen molar-refractivity contribution in [2.75, 3.05) is 25.5 Å². The second-order valence-electron chi connectivity index (χ2n) is 21.4. The van der Waals surface area contributed by atoms with E-state index in [2.05, 4.69) is 36.9 Å². The summed E-state index contributed by atoms with van der Waals surface area (Å²) in [6.45, 7) is 13.3. The predicted molar refractivity (Wildman–Crippen MR) is 306 cm³/mol. The Labute approximate surface area is 478 Å². The Kier molecular flexibility index (Phi) is 26.9. The third kappa shape index (κ3) is 22.4. The van der Waals surface area contributed by atoms with Crippen molar-refractivity contribution in [1.29, 1.82) is 0 Å². The molecule has 7 atom stereocenters. The largest absolute Gasteiger partial charge is 0.481 e. The van der Waals surface area contributed by atoms with E-state index in [9.17, 15) is 53.1 Å². The summed E-state index contributed by atoms with van der Waals surface area (Å²) in [6.07, 6.45) is 5.58. The van der Waals surface area contributed by atoms with Crippen LogP contribution < -0.4 is 37.6 Å². The number of hydrogen-bond donors (Lipinski definition) is 8. The van der Waals surface area contributed by atoms with Gasteiger partial charge in [0.15, 0.2) is 0 Å². The van der Waals surface area contributed by atoms with Gasteiger partial charge in [-0.3, -0.25) is 43.3 Å². The molecule has 3 aromatic rings. The van der Waals surface area contributed by atoms with Crippen molar-refractivity contribution in [2.45, 2.75) is 156 Å². The number of carboxylic acids is 1. The molecule has 1 aliphatic rings. The van der Waals surface area contributed by atoms with Gasteiger partial charge in [0.1, 0.15) is 29.4 Å². The van der Waals surface area contributed by atoms with Gasteiger partial charge in [0.2, 0.25) is 23.6 Å². The van der Waals surface area contributed by atoms with Crippen LogP contribution in [0.15, 0.2) is 72.1 Å². The second-order valence-corrected chi connectivity index (χ2v) is 22.3. The summed E-state index contributed by atoms with van der Waals surface area (Å²) in [6, 6.07) is 11.3. The number of amides is 10. The smallest absolute Gasteiger partial charge is 0.408 e. The lowest BCUT2D eigenvalue weighted by molar-refractivity contribution is -0.141. The summed E-state index contributed by atoms with van der Waals surface area (Å²) in [7, 11) is 1.74. The summed E-state index contributed by atoms with van der Waals surface area (Å²) < 4.78 is 5.71. The summed E-state index contributed by atoms with van der Waals surface area (Å²) in [5.74, 6) is -4.82. The molecule has 2 heterocycles. The molecule has 0 saturated heterocycles. The number of rotatable bonds is 34. The minimum Gasteiger partial charge on any atom is -0.481 e. The number of aromatic nitrogens is 1. The van der Waals surface area contributed by atoms with Crippen molar-refractivity contribution in [2.24, 2.45) is 29.4 Å². The van der Waals surface area contributed by atoms with E-state index < -0.39 is 65.9 Å². The van der Waals surface area contributed by atoms with Crippen LogP contribution in [0.4, 0.5) is 15.3 Å². The molecule has 2 aromatic carbocycles. The third-order valence-corrected chi connectivity index (χ3v) is 15.0. The maximum Gasteiger partial charge on any atom is 0.408 e. The third-order valence-electron chi connectivity index (χ3n) is 14.1. The van der Waals surface area contributed by atoms with E-state index in [1.54, 1.807) is 62.4 Å². The average molecular weight is 1140 g/mol. The maximum absolute atomic E-state index is 13.8. The van der Waals surface area contributed by atoms with Crippen LogP contribution in [0.3, 0.4) is 0 Å². The Balaban J connectivity index is 1.44. The van der Waals surface area contributed by atoms with Gasteiger partial charge < -0.3 is 52.4 Å².